The fraction of sp³-hybridized carbons (Fsp3) is 0.526. The Balaban J connectivity index is 1.47. The molecule has 1 aromatic rings. The maximum atomic E-state index is 12.5. The minimum absolute atomic E-state index is 0.00576. The van der Waals surface area contributed by atoms with E-state index < -0.39 is 0 Å². The van der Waals surface area contributed by atoms with Crippen molar-refractivity contribution in [1.29, 1.82) is 0 Å². The highest BCUT2D eigenvalue weighted by Gasteiger charge is 2.25. The first-order valence-corrected chi connectivity index (χ1v) is 9.19. The van der Waals surface area contributed by atoms with Gasteiger partial charge in [-0.15, -0.1) is 0 Å². The van der Waals surface area contributed by atoms with Crippen LogP contribution in [-0.4, -0.2) is 35.8 Å². The first-order chi connectivity index (χ1) is 12.4. The molecule has 1 aromatic carbocycles. The Bertz CT molecular complexity index is 709. The summed E-state index contributed by atoms with van der Waals surface area (Å²) in [5.41, 5.74) is 7.87. The lowest BCUT2D eigenvalue weighted by molar-refractivity contribution is -0.122. The summed E-state index contributed by atoms with van der Waals surface area (Å²) >= 11 is 0. The van der Waals surface area contributed by atoms with Crippen LogP contribution in [0.4, 0.5) is 5.69 Å². The molecular formula is C19H26N4O3. The molecule has 1 fully saturated rings. The van der Waals surface area contributed by atoms with Gasteiger partial charge in [-0.05, 0) is 56.4 Å². The zero-order valence-electron chi connectivity index (χ0n) is 15.0. The van der Waals surface area contributed by atoms with E-state index >= 15 is 0 Å². The maximum absolute atomic E-state index is 12.5. The quantitative estimate of drug-likeness (QED) is 0.630. The van der Waals surface area contributed by atoms with Crippen LogP contribution < -0.4 is 21.7 Å². The molecule has 0 radical (unpaired) electrons. The Morgan fingerprint density at radius 3 is 2.50 bits per heavy atom. The van der Waals surface area contributed by atoms with Gasteiger partial charge in [-0.3, -0.25) is 14.4 Å². The average molecular weight is 358 g/mol. The third-order valence-corrected chi connectivity index (χ3v) is 4.93. The van der Waals surface area contributed by atoms with Crippen molar-refractivity contribution in [3.63, 3.8) is 0 Å². The molecular weight excluding hydrogens is 332 g/mol. The fourth-order valence-electron chi connectivity index (χ4n) is 3.60. The number of nitrogens with one attached hydrogen (secondary N) is 3. The fourth-order valence-corrected chi connectivity index (χ4v) is 3.60. The van der Waals surface area contributed by atoms with Gasteiger partial charge in [-0.1, -0.05) is 0 Å². The lowest BCUT2D eigenvalue weighted by atomic mass is 9.90. The number of carbonyl (C=O) groups excluding carboxylic acids is 3. The largest absolute Gasteiger partial charge is 0.353 e. The number of hydrogen-bond donors (Lipinski definition) is 4. The first-order valence-electron chi connectivity index (χ1n) is 9.19. The van der Waals surface area contributed by atoms with Crippen LogP contribution >= 0.6 is 0 Å². The second-order valence-electron chi connectivity index (χ2n) is 7.37. The summed E-state index contributed by atoms with van der Waals surface area (Å²) in [4.78, 5) is 35.7. The third-order valence-electron chi connectivity index (χ3n) is 4.93. The second-order valence-corrected chi connectivity index (χ2v) is 7.37. The van der Waals surface area contributed by atoms with Crippen LogP contribution in [0.2, 0.25) is 0 Å². The van der Waals surface area contributed by atoms with E-state index in [4.69, 9.17) is 5.73 Å². The predicted octanol–water partition coefficient (Wildman–Crippen LogP) is 1.08. The molecule has 1 atom stereocenters. The molecule has 1 aliphatic carbocycles. The van der Waals surface area contributed by atoms with Gasteiger partial charge >= 0.3 is 0 Å². The van der Waals surface area contributed by atoms with E-state index in [2.05, 4.69) is 16.0 Å². The van der Waals surface area contributed by atoms with Crippen molar-refractivity contribution in [3.05, 3.63) is 29.3 Å². The summed E-state index contributed by atoms with van der Waals surface area (Å²) in [5, 5.41) is 8.85. The van der Waals surface area contributed by atoms with Gasteiger partial charge in [0.15, 0.2) is 0 Å². The molecule has 3 amide bonds. The summed E-state index contributed by atoms with van der Waals surface area (Å²) in [5.74, 6) is -0.160. The Morgan fingerprint density at radius 1 is 1.19 bits per heavy atom. The van der Waals surface area contributed by atoms with Crippen LogP contribution in [0.5, 0.6) is 0 Å². The minimum atomic E-state index is -0.136. The Kier molecular flexibility index (Phi) is 5.56. The van der Waals surface area contributed by atoms with Crippen LogP contribution in [0.15, 0.2) is 18.2 Å². The molecule has 0 aromatic heterocycles. The lowest BCUT2D eigenvalue weighted by Crippen LogP contribution is -2.44. The summed E-state index contributed by atoms with van der Waals surface area (Å²) in [7, 11) is 0. The van der Waals surface area contributed by atoms with Gasteiger partial charge < -0.3 is 21.7 Å². The molecule has 0 saturated heterocycles. The standard InChI is InChI=1S/C19H26N4O3/c1-11(20)8-17(24)21-14-3-5-15(6-4-14)22-19(26)12-2-7-16-13(9-12)10-18(25)23-16/h2,7,9,11,14-15H,3-6,8,10,20H2,1H3,(H,21,24)(H,22,26)(H,23,25). The molecule has 0 spiro atoms. The van der Waals surface area contributed by atoms with Gasteiger partial charge in [0.25, 0.3) is 5.91 Å². The SMILES string of the molecule is CC(N)CC(=O)NC1CCC(NC(=O)c2ccc3c(c2)CC(=O)N3)CC1. The van der Waals surface area contributed by atoms with Crippen LogP contribution in [0, 0.1) is 0 Å². The molecule has 140 valence electrons. The molecule has 0 bridgehead atoms. The summed E-state index contributed by atoms with van der Waals surface area (Å²) in [6.07, 6.45) is 4.02. The highest BCUT2D eigenvalue weighted by molar-refractivity contribution is 6.01. The number of fused-ring (bicyclic) bond motifs is 1. The van der Waals surface area contributed by atoms with Crippen LogP contribution in [0.3, 0.4) is 0 Å². The zero-order chi connectivity index (χ0) is 18.7. The van der Waals surface area contributed by atoms with Crippen LogP contribution in [-0.2, 0) is 16.0 Å². The molecule has 1 aliphatic heterocycles. The number of anilines is 1. The molecule has 5 N–H and O–H groups in total. The van der Waals surface area contributed by atoms with Gasteiger partial charge in [0, 0.05) is 35.8 Å². The summed E-state index contributed by atoms with van der Waals surface area (Å²) in [6.45, 7) is 1.82. The van der Waals surface area contributed by atoms with E-state index in [0.29, 0.717) is 18.4 Å². The van der Waals surface area contributed by atoms with E-state index in [1.807, 2.05) is 6.92 Å². The van der Waals surface area contributed by atoms with Gasteiger partial charge in [0.05, 0.1) is 6.42 Å². The molecule has 26 heavy (non-hydrogen) atoms. The predicted molar refractivity (Wildman–Crippen MR) is 98.7 cm³/mol. The molecule has 1 unspecified atom stereocenters. The topological polar surface area (TPSA) is 113 Å². The van der Waals surface area contributed by atoms with E-state index in [9.17, 15) is 14.4 Å². The molecule has 3 rings (SSSR count). The Labute approximate surface area is 153 Å². The number of hydrogen-bond acceptors (Lipinski definition) is 4. The second kappa shape index (κ2) is 7.86. The van der Waals surface area contributed by atoms with E-state index in [1.54, 1.807) is 18.2 Å². The summed E-state index contributed by atoms with van der Waals surface area (Å²) < 4.78 is 0. The van der Waals surface area contributed by atoms with Crippen molar-refractivity contribution in [2.45, 2.75) is 63.6 Å². The number of amides is 3. The van der Waals surface area contributed by atoms with Crippen molar-refractivity contribution in [1.82, 2.24) is 10.6 Å². The van der Waals surface area contributed by atoms with E-state index in [1.165, 1.54) is 0 Å². The normalized spacial score (nSPS) is 22.9. The van der Waals surface area contributed by atoms with Crippen LogP contribution in [0.1, 0.15) is 54.9 Å². The Hall–Kier alpha value is -2.41. The maximum Gasteiger partial charge on any atom is 0.251 e. The average Bonchev–Trinajstić information content (AvgIpc) is 2.95. The monoisotopic (exact) mass is 358 g/mol. The number of benzene rings is 1. The smallest absolute Gasteiger partial charge is 0.251 e. The van der Waals surface area contributed by atoms with E-state index in [-0.39, 0.29) is 35.8 Å². The van der Waals surface area contributed by atoms with Gasteiger partial charge in [-0.25, -0.2) is 0 Å². The highest BCUT2D eigenvalue weighted by atomic mass is 16.2. The van der Waals surface area contributed by atoms with E-state index in [0.717, 1.165) is 36.9 Å². The molecule has 1 saturated carbocycles. The number of nitrogens with two attached hydrogens (primary N) is 1. The van der Waals surface area contributed by atoms with Crippen molar-refractivity contribution in [3.8, 4) is 0 Å². The number of rotatable bonds is 5. The Morgan fingerprint density at radius 2 is 1.85 bits per heavy atom. The number of carbonyl (C=O) groups is 3. The van der Waals surface area contributed by atoms with Crippen molar-refractivity contribution in [2.75, 3.05) is 5.32 Å². The lowest BCUT2D eigenvalue weighted by Gasteiger charge is -2.30. The highest BCUT2D eigenvalue weighted by Crippen LogP contribution is 2.24. The van der Waals surface area contributed by atoms with Gasteiger partial charge in [-0.2, -0.15) is 0 Å². The molecule has 2 aliphatic rings. The van der Waals surface area contributed by atoms with Crippen molar-refractivity contribution < 1.29 is 14.4 Å². The van der Waals surface area contributed by atoms with Crippen LogP contribution in [0.25, 0.3) is 0 Å². The van der Waals surface area contributed by atoms with Gasteiger partial charge in [0.1, 0.15) is 0 Å². The van der Waals surface area contributed by atoms with Gasteiger partial charge in [0.2, 0.25) is 11.8 Å². The molecule has 7 nitrogen and oxygen atoms in total. The minimum Gasteiger partial charge on any atom is -0.353 e. The molecule has 1 heterocycles. The molecule has 7 heteroatoms. The first kappa shape index (κ1) is 18.4. The van der Waals surface area contributed by atoms with Crippen molar-refractivity contribution in [2.24, 2.45) is 5.73 Å². The third kappa shape index (κ3) is 4.60. The van der Waals surface area contributed by atoms with Crippen molar-refractivity contribution >= 4 is 23.4 Å². The summed E-state index contributed by atoms with van der Waals surface area (Å²) in [6, 6.07) is 5.43. The zero-order valence-corrected chi connectivity index (χ0v) is 15.0.